The molecule has 0 unspecified atom stereocenters. The number of halogens is 2. The van der Waals surface area contributed by atoms with Crippen LogP contribution in [0, 0.1) is 11.7 Å². The molecule has 27 heavy (non-hydrogen) atoms. The van der Waals surface area contributed by atoms with Gasteiger partial charge in [0.15, 0.2) is 0 Å². The first-order chi connectivity index (χ1) is 13.0. The van der Waals surface area contributed by atoms with Gasteiger partial charge in [0.05, 0.1) is 17.3 Å². The van der Waals surface area contributed by atoms with E-state index < -0.39 is 5.82 Å². The molecular weight excluding hydrogens is 371 g/mol. The highest BCUT2D eigenvalue weighted by Gasteiger charge is 2.22. The Balaban J connectivity index is 1.61. The second kappa shape index (κ2) is 8.63. The molecule has 1 aliphatic rings. The third-order valence-corrected chi connectivity index (χ3v) is 4.86. The van der Waals surface area contributed by atoms with Gasteiger partial charge >= 0.3 is 6.03 Å². The van der Waals surface area contributed by atoms with Gasteiger partial charge in [-0.2, -0.15) is 0 Å². The predicted octanol–water partition coefficient (Wildman–Crippen LogP) is 2.71. The van der Waals surface area contributed by atoms with Crippen LogP contribution in [0.3, 0.4) is 0 Å². The molecule has 6 nitrogen and oxygen atoms in total. The lowest BCUT2D eigenvalue weighted by molar-refractivity contribution is 0.190. The first-order valence-electron chi connectivity index (χ1n) is 8.87. The van der Waals surface area contributed by atoms with Crippen molar-refractivity contribution < 1.29 is 14.3 Å². The molecule has 0 aliphatic carbocycles. The summed E-state index contributed by atoms with van der Waals surface area (Å²) in [6.07, 6.45) is 3.10. The van der Waals surface area contributed by atoms with Gasteiger partial charge in [0, 0.05) is 32.3 Å². The summed E-state index contributed by atoms with van der Waals surface area (Å²) in [5.41, 5.74) is 2.52. The second-order valence-corrected chi connectivity index (χ2v) is 7.24. The number of amides is 2. The molecule has 2 N–H and O–H groups in total. The van der Waals surface area contributed by atoms with E-state index in [1.54, 1.807) is 11.0 Å². The van der Waals surface area contributed by atoms with Gasteiger partial charge in [0.1, 0.15) is 11.6 Å². The standard InChI is InChI=1S/C19H22ClFN4O2/c1-12(11-26)6-18-22-9-14-4-5-25(10-17(14)24-18)19(27)23-8-13-2-3-15(20)16(21)7-13/h2-3,7,9,12,26H,4-6,8,10-11H2,1H3,(H,23,27)/t12-/m1/s1. The first kappa shape index (κ1) is 19.5. The van der Waals surface area contributed by atoms with E-state index in [9.17, 15) is 14.3 Å². The third kappa shape index (κ3) is 4.93. The molecule has 0 radical (unpaired) electrons. The van der Waals surface area contributed by atoms with E-state index in [0.29, 0.717) is 37.3 Å². The summed E-state index contributed by atoms with van der Waals surface area (Å²) in [7, 11) is 0. The fourth-order valence-electron chi connectivity index (χ4n) is 2.93. The second-order valence-electron chi connectivity index (χ2n) is 6.83. The Morgan fingerprint density at radius 3 is 3.04 bits per heavy atom. The quantitative estimate of drug-likeness (QED) is 0.820. The van der Waals surface area contributed by atoms with E-state index in [1.807, 2.05) is 13.1 Å². The van der Waals surface area contributed by atoms with E-state index >= 15 is 0 Å². The molecule has 1 atom stereocenters. The predicted molar refractivity (Wildman–Crippen MR) is 99.7 cm³/mol. The van der Waals surface area contributed by atoms with Crippen molar-refractivity contribution in [2.75, 3.05) is 13.2 Å². The number of urea groups is 1. The van der Waals surface area contributed by atoms with Gasteiger partial charge in [0.2, 0.25) is 0 Å². The van der Waals surface area contributed by atoms with Crippen molar-refractivity contribution in [1.82, 2.24) is 20.2 Å². The molecule has 144 valence electrons. The molecule has 8 heteroatoms. The van der Waals surface area contributed by atoms with Crippen molar-refractivity contribution >= 4 is 17.6 Å². The zero-order chi connectivity index (χ0) is 19.4. The zero-order valence-electron chi connectivity index (χ0n) is 15.1. The van der Waals surface area contributed by atoms with Gasteiger partial charge < -0.3 is 15.3 Å². The largest absolute Gasteiger partial charge is 0.396 e. The molecule has 0 fully saturated rings. The number of aromatic nitrogens is 2. The van der Waals surface area contributed by atoms with Gasteiger partial charge in [-0.05, 0) is 35.6 Å². The summed E-state index contributed by atoms with van der Waals surface area (Å²) in [5, 5.41) is 12.0. The molecule has 1 aromatic heterocycles. The molecular formula is C19H22ClFN4O2. The van der Waals surface area contributed by atoms with E-state index in [1.165, 1.54) is 12.1 Å². The Hall–Kier alpha value is -2.25. The summed E-state index contributed by atoms with van der Waals surface area (Å²) in [6, 6.07) is 4.25. The Bertz CT molecular complexity index is 833. The summed E-state index contributed by atoms with van der Waals surface area (Å²) >= 11 is 5.67. The number of carbonyl (C=O) groups is 1. The Morgan fingerprint density at radius 2 is 2.30 bits per heavy atom. The topological polar surface area (TPSA) is 78.4 Å². The van der Waals surface area contributed by atoms with Gasteiger partial charge in [-0.3, -0.25) is 0 Å². The van der Waals surface area contributed by atoms with Crippen LogP contribution in [-0.2, 0) is 25.9 Å². The first-order valence-corrected chi connectivity index (χ1v) is 9.25. The highest BCUT2D eigenvalue weighted by molar-refractivity contribution is 6.30. The van der Waals surface area contributed by atoms with Gasteiger partial charge in [-0.25, -0.2) is 19.2 Å². The lowest BCUT2D eigenvalue weighted by atomic mass is 10.1. The SMILES string of the molecule is C[C@@H](CO)Cc1ncc2c(n1)CN(C(=O)NCc1ccc(Cl)c(F)c1)CC2. The zero-order valence-corrected chi connectivity index (χ0v) is 15.8. The minimum atomic E-state index is -0.503. The van der Waals surface area contributed by atoms with Crippen molar-refractivity contribution in [2.45, 2.75) is 32.9 Å². The van der Waals surface area contributed by atoms with Crippen LogP contribution in [0.1, 0.15) is 29.6 Å². The molecule has 3 rings (SSSR count). The van der Waals surface area contributed by atoms with Crippen molar-refractivity contribution in [3.8, 4) is 0 Å². The fourth-order valence-corrected chi connectivity index (χ4v) is 3.05. The highest BCUT2D eigenvalue weighted by Crippen LogP contribution is 2.18. The van der Waals surface area contributed by atoms with Gasteiger partial charge in [-0.15, -0.1) is 0 Å². The average molecular weight is 393 g/mol. The Morgan fingerprint density at radius 1 is 1.48 bits per heavy atom. The molecule has 1 aromatic carbocycles. The summed E-state index contributed by atoms with van der Waals surface area (Å²) < 4.78 is 13.5. The maximum atomic E-state index is 13.5. The van der Waals surface area contributed by atoms with E-state index in [4.69, 9.17) is 11.6 Å². The van der Waals surface area contributed by atoms with E-state index in [-0.39, 0.29) is 30.1 Å². The average Bonchev–Trinajstić information content (AvgIpc) is 2.68. The number of aliphatic hydroxyl groups excluding tert-OH is 1. The normalized spacial score (nSPS) is 14.6. The number of aliphatic hydroxyl groups is 1. The summed E-state index contributed by atoms with van der Waals surface area (Å²) in [5.74, 6) is 0.261. The van der Waals surface area contributed by atoms with Crippen molar-refractivity contribution in [1.29, 1.82) is 0 Å². The number of nitrogens with zero attached hydrogens (tertiary/aromatic N) is 3. The minimum absolute atomic E-state index is 0.0590. The number of nitrogens with one attached hydrogen (secondary N) is 1. The van der Waals surface area contributed by atoms with E-state index in [0.717, 1.165) is 11.3 Å². The number of fused-ring (bicyclic) bond motifs is 1. The van der Waals surface area contributed by atoms with Crippen LogP contribution in [-0.4, -0.2) is 39.2 Å². The molecule has 0 saturated heterocycles. The molecule has 0 spiro atoms. The number of rotatable bonds is 5. The van der Waals surface area contributed by atoms with Crippen LogP contribution in [0.2, 0.25) is 5.02 Å². The number of benzene rings is 1. The summed E-state index contributed by atoms with van der Waals surface area (Å²) in [6.45, 7) is 3.21. The minimum Gasteiger partial charge on any atom is -0.396 e. The molecule has 2 heterocycles. The summed E-state index contributed by atoms with van der Waals surface area (Å²) in [4.78, 5) is 23.1. The smallest absolute Gasteiger partial charge is 0.318 e. The van der Waals surface area contributed by atoms with Crippen LogP contribution >= 0.6 is 11.6 Å². The van der Waals surface area contributed by atoms with Crippen LogP contribution in [0.25, 0.3) is 0 Å². The third-order valence-electron chi connectivity index (χ3n) is 4.55. The van der Waals surface area contributed by atoms with Crippen LogP contribution in [0.4, 0.5) is 9.18 Å². The van der Waals surface area contributed by atoms with Crippen LogP contribution in [0.5, 0.6) is 0 Å². The van der Waals surface area contributed by atoms with Crippen molar-refractivity contribution in [2.24, 2.45) is 5.92 Å². The number of hydrogen-bond donors (Lipinski definition) is 2. The molecule has 2 aromatic rings. The maximum absolute atomic E-state index is 13.5. The van der Waals surface area contributed by atoms with E-state index in [2.05, 4.69) is 15.3 Å². The monoisotopic (exact) mass is 392 g/mol. The highest BCUT2D eigenvalue weighted by atomic mass is 35.5. The van der Waals surface area contributed by atoms with Crippen LogP contribution in [0.15, 0.2) is 24.4 Å². The molecule has 1 aliphatic heterocycles. The molecule has 2 amide bonds. The van der Waals surface area contributed by atoms with Crippen molar-refractivity contribution in [3.63, 3.8) is 0 Å². The lowest BCUT2D eigenvalue weighted by Gasteiger charge is -2.28. The maximum Gasteiger partial charge on any atom is 0.318 e. The number of hydrogen-bond acceptors (Lipinski definition) is 4. The Kier molecular flexibility index (Phi) is 6.23. The lowest BCUT2D eigenvalue weighted by Crippen LogP contribution is -2.43. The van der Waals surface area contributed by atoms with Crippen LogP contribution < -0.4 is 5.32 Å². The van der Waals surface area contributed by atoms with Gasteiger partial charge in [-0.1, -0.05) is 24.6 Å². The van der Waals surface area contributed by atoms with Crippen molar-refractivity contribution in [3.05, 3.63) is 57.9 Å². The Labute approximate surface area is 162 Å². The molecule has 0 bridgehead atoms. The van der Waals surface area contributed by atoms with Gasteiger partial charge in [0.25, 0.3) is 0 Å². The number of carbonyl (C=O) groups excluding carboxylic acids is 1. The fraction of sp³-hybridized carbons (Fsp3) is 0.421. The molecule has 0 saturated carbocycles.